The second kappa shape index (κ2) is 6.72. The van der Waals surface area contributed by atoms with Crippen LogP contribution in [-0.2, 0) is 9.59 Å². The van der Waals surface area contributed by atoms with Crippen molar-refractivity contribution in [1.29, 1.82) is 0 Å². The molecule has 0 spiro atoms. The Morgan fingerprint density at radius 3 is 2.63 bits per heavy atom. The van der Waals surface area contributed by atoms with Crippen molar-refractivity contribution in [2.75, 3.05) is 6.61 Å². The number of benzene rings is 1. The van der Waals surface area contributed by atoms with Gasteiger partial charge in [-0.05, 0) is 18.1 Å². The van der Waals surface area contributed by atoms with Crippen LogP contribution in [-0.4, -0.2) is 29.6 Å². The lowest BCUT2D eigenvalue weighted by Crippen LogP contribution is -2.46. The van der Waals surface area contributed by atoms with Crippen molar-refractivity contribution in [3.8, 4) is 5.75 Å². The van der Waals surface area contributed by atoms with Gasteiger partial charge in [0, 0.05) is 6.07 Å². The Kier molecular flexibility index (Phi) is 5.29. The van der Waals surface area contributed by atoms with E-state index in [1.807, 2.05) is 0 Å². The number of hydrogen-bond acceptors (Lipinski definition) is 3. The van der Waals surface area contributed by atoms with Crippen LogP contribution in [0.1, 0.15) is 13.8 Å². The molecular weight excluding hydrogens is 253 g/mol. The number of ether oxygens (including phenoxy) is 1. The molecule has 1 atom stereocenters. The van der Waals surface area contributed by atoms with Gasteiger partial charge in [0.2, 0.25) is 0 Å². The number of rotatable bonds is 6. The quantitative estimate of drug-likeness (QED) is 0.819. The van der Waals surface area contributed by atoms with Gasteiger partial charge in [-0.3, -0.25) is 4.79 Å². The Hall–Kier alpha value is -2.11. The first kappa shape index (κ1) is 14.9. The number of carbonyl (C=O) groups is 2. The Bertz CT molecular complexity index is 462. The molecule has 2 N–H and O–H groups in total. The fourth-order valence-electron chi connectivity index (χ4n) is 1.43. The van der Waals surface area contributed by atoms with Crippen LogP contribution in [0.3, 0.4) is 0 Å². The topological polar surface area (TPSA) is 75.6 Å². The molecular formula is C13H16FNO4. The molecule has 0 unspecified atom stereocenters. The lowest BCUT2D eigenvalue weighted by molar-refractivity contribution is -0.143. The fraction of sp³-hybridized carbons (Fsp3) is 0.385. The Balaban J connectivity index is 2.49. The molecule has 0 bridgehead atoms. The highest BCUT2D eigenvalue weighted by atomic mass is 19.1. The van der Waals surface area contributed by atoms with Gasteiger partial charge >= 0.3 is 5.97 Å². The maximum Gasteiger partial charge on any atom is 0.326 e. The highest BCUT2D eigenvalue weighted by Crippen LogP contribution is 2.11. The van der Waals surface area contributed by atoms with Crippen molar-refractivity contribution in [1.82, 2.24) is 5.32 Å². The minimum atomic E-state index is -1.10. The van der Waals surface area contributed by atoms with Crippen LogP contribution in [0.15, 0.2) is 24.3 Å². The van der Waals surface area contributed by atoms with E-state index in [1.165, 1.54) is 18.2 Å². The number of hydrogen-bond donors (Lipinski definition) is 2. The van der Waals surface area contributed by atoms with Gasteiger partial charge in [-0.25, -0.2) is 9.18 Å². The lowest BCUT2D eigenvalue weighted by atomic mass is 10.1. The van der Waals surface area contributed by atoms with E-state index >= 15 is 0 Å². The van der Waals surface area contributed by atoms with Crippen molar-refractivity contribution in [3.05, 3.63) is 30.1 Å². The molecule has 0 aromatic heterocycles. The lowest BCUT2D eigenvalue weighted by Gasteiger charge is -2.17. The smallest absolute Gasteiger partial charge is 0.326 e. The van der Waals surface area contributed by atoms with Crippen molar-refractivity contribution < 1.29 is 23.8 Å². The van der Waals surface area contributed by atoms with Gasteiger partial charge in [-0.2, -0.15) is 0 Å². The summed E-state index contributed by atoms with van der Waals surface area (Å²) < 4.78 is 17.9. The van der Waals surface area contributed by atoms with Gasteiger partial charge in [0.05, 0.1) is 0 Å². The summed E-state index contributed by atoms with van der Waals surface area (Å²) in [5, 5.41) is 11.3. The summed E-state index contributed by atoms with van der Waals surface area (Å²) in [6.07, 6.45) is 0. The number of carboxylic acid groups (broad SMARTS) is 1. The van der Waals surface area contributed by atoms with Crippen molar-refractivity contribution in [2.24, 2.45) is 5.92 Å². The summed E-state index contributed by atoms with van der Waals surface area (Å²) >= 11 is 0. The molecule has 0 heterocycles. The van der Waals surface area contributed by atoms with Crippen LogP contribution in [0, 0.1) is 11.7 Å². The van der Waals surface area contributed by atoms with Gasteiger partial charge in [-0.1, -0.05) is 19.9 Å². The molecule has 1 amide bonds. The average molecular weight is 269 g/mol. The summed E-state index contributed by atoms with van der Waals surface area (Å²) in [4.78, 5) is 22.4. The number of nitrogens with one attached hydrogen (secondary N) is 1. The highest BCUT2D eigenvalue weighted by Gasteiger charge is 2.23. The van der Waals surface area contributed by atoms with E-state index in [9.17, 15) is 14.0 Å². The molecule has 0 fully saturated rings. The molecule has 0 saturated carbocycles. The molecule has 5 nitrogen and oxygen atoms in total. The predicted molar refractivity (Wildman–Crippen MR) is 66.3 cm³/mol. The average Bonchev–Trinajstić information content (AvgIpc) is 2.32. The zero-order chi connectivity index (χ0) is 14.4. The van der Waals surface area contributed by atoms with Crippen molar-refractivity contribution >= 4 is 11.9 Å². The molecule has 0 saturated heterocycles. The molecule has 1 aromatic rings. The molecule has 19 heavy (non-hydrogen) atoms. The Morgan fingerprint density at radius 1 is 1.42 bits per heavy atom. The summed E-state index contributed by atoms with van der Waals surface area (Å²) in [5.41, 5.74) is 0. The molecule has 6 heteroatoms. The van der Waals surface area contributed by atoms with Crippen molar-refractivity contribution in [2.45, 2.75) is 19.9 Å². The molecule has 104 valence electrons. The van der Waals surface area contributed by atoms with Crippen LogP contribution < -0.4 is 10.1 Å². The second-order valence-electron chi connectivity index (χ2n) is 4.37. The maximum absolute atomic E-state index is 12.9. The monoisotopic (exact) mass is 269 g/mol. The van der Waals surface area contributed by atoms with Gasteiger partial charge in [-0.15, -0.1) is 0 Å². The van der Waals surface area contributed by atoms with Gasteiger partial charge in [0.15, 0.2) is 6.61 Å². The molecule has 0 aliphatic rings. The third kappa shape index (κ3) is 4.95. The first-order valence-corrected chi connectivity index (χ1v) is 5.80. The first-order chi connectivity index (χ1) is 8.90. The molecule has 0 radical (unpaired) electrons. The number of aliphatic carboxylic acids is 1. The zero-order valence-corrected chi connectivity index (χ0v) is 10.7. The SMILES string of the molecule is CC(C)[C@@H](NC(=O)COc1cccc(F)c1)C(=O)O. The summed E-state index contributed by atoms with van der Waals surface area (Å²) in [5.74, 6) is -2.16. The largest absolute Gasteiger partial charge is 0.484 e. The van der Waals surface area contributed by atoms with E-state index < -0.39 is 23.7 Å². The van der Waals surface area contributed by atoms with Crippen molar-refractivity contribution in [3.63, 3.8) is 0 Å². The molecule has 0 aliphatic carbocycles. The summed E-state index contributed by atoms with van der Waals surface area (Å²) in [6, 6.07) is 4.39. The number of halogens is 1. The van der Waals surface area contributed by atoms with E-state index in [1.54, 1.807) is 13.8 Å². The highest BCUT2D eigenvalue weighted by molar-refractivity contribution is 5.84. The maximum atomic E-state index is 12.9. The normalized spacial score (nSPS) is 12.0. The molecule has 1 rings (SSSR count). The van der Waals surface area contributed by atoms with E-state index in [0.717, 1.165) is 6.07 Å². The van der Waals surface area contributed by atoms with Crippen LogP contribution in [0.25, 0.3) is 0 Å². The van der Waals surface area contributed by atoms with Crippen LogP contribution >= 0.6 is 0 Å². The van der Waals surface area contributed by atoms with E-state index in [-0.39, 0.29) is 18.3 Å². The summed E-state index contributed by atoms with van der Waals surface area (Å²) in [7, 11) is 0. The first-order valence-electron chi connectivity index (χ1n) is 5.80. The second-order valence-corrected chi connectivity index (χ2v) is 4.37. The number of carbonyl (C=O) groups excluding carboxylic acids is 1. The van der Waals surface area contributed by atoms with E-state index in [2.05, 4.69) is 5.32 Å². The summed E-state index contributed by atoms with van der Waals surface area (Å²) in [6.45, 7) is 3.01. The van der Waals surface area contributed by atoms with E-state index in [4.69, 9.17) is 9.84 Å². The van der Waals surface area contributed by atoms with E-state index in [0.29, 0.717) is 0 Å². The van der Waals surface area contributed by atoms with Gasteiger partial charge in [0.1, 0.15) is 17.6 Å². The minimum Gasteiger partial charge on any atom is -0.484 e. The zero-order valence-electron chi connectivity index (χ0n) is 10.7. The minimum absolute atomic E-state index is 0.214. The van der Waals surface area contributed by atoms with Crippen LogP contribution in [0.4, 0.5) is 4.39 Å². The van der Waals surface area contributed by atoms with Crippen LogP contribution in [0.5, 0.6) is 5.75 Å². The van der Waals surface area contributed by atoms with Gasteiger partial charge in [0.25, 0.3) is 5.91 Å². The Labute approximate surface area is 110 Å². The Morgan fingerprint density at radius 2 is 2.11 bits per heavy atom. The predicted octanol–water partition coefficient (Wildman–Crippen LogP) is 1.43. The fourth-order valence-corrected chi connectivity index (χ4v) is 1.43. The van der Waals surface area contributed by atoms with Gasteiger partial charge < -0.3 is 15.2 Å². The third-order valence-corrected chi connectivity index (χ3v) is 2.42. The number of amides is 1. The van der Waals surface area contributed by atoms with Crippen LogP contribution in [0.2, 0.25) is 0 Å². The standard InChI is InChI=1S/C13H16FNO4/c1-8(2)12(13(17)18)15-11(16)7-19-10-5-3-4-9(14)6-10/h3-6,8,12H,7H2,1-2H3,(H,15,16)(H,17,18)/t12-/m1/s1. The third-order valence-electron chi connectivity index (χ3n) is 2.42. The molecule has 0 aliphatic heterocycles. The molecule has 1 aromatic carbocycles. The number of carboxylic acids is 1.